The summed E-state index contributed by atoms with van der Waals surface area (Å²) in [5.74, 6) is -0.800. The van der Waals surface area contributed by atoms with Gasteiger partial charge in [0.15, 0.2) is 5.60 Å². The van der Waals surface area contributed by atoms with E-state index in [9.17, 15) is 14.7 Å². The molecule has 1 rings (SSSR count). The topological polar surface area (TPSA) is 92.9 Å². The van der Waals surface area contributed by atoms with Crippen LogP contribution in [0.25, 0.3) is 0 Å². The van der Waals surface area contributed by atoms with Crippen LogP contribution in [-0.2, 0) is 9.53 Å². The van der Waals surface area contributed by atoms with Gasteiger partial charge < -0.3 is 20.5 Å². The molecule has 1 heterocycles. The molecule has 1 aliphatic rings. The number of nitrogens with zero attached hydrogens (tertiary/aromatic N) is 1. The Morgan fingerprint density at radius 2 is 2.21 bits per heavy atom. The van der Waals surface area contributed by atoms with Gasteiger partial charge in [0, 0.05) is 6.54 Å². The van der Waals surface area contributed by atoms with Gasteiger partial charge >= 0.3 is 6.09 Å². The highest BCUT2D eigenvalue weighted by molar-refractivity contribution is 5.84. The van der Waals surface area contributed by atoms with Gasteiger partial charge in [-0.1, -0.05) is 0 Å². The van der Waals surface area contributed by atoms with Gasteiger partial charge in [-0.3, -0.25) is 4.79 Å². The number of carbonyl (C=O) groups is 2. The minimum Gasteiger partial charge on any atom is -0.453 e. The first kappa shape index (κ1) is 10.8. The molecule has 1 atom stereocenters. The summed E-state index contributed by atoms with van der Waals surface area (Å²) in [4.78, 5) is 23.3. The van der Waals surface area contributed by atoms with Crippen LogP contribution in [0.2, 0.25) is 0 Å². The third-order valence-corrected chi connectivity index (χ3v) is 2.36. The van der Waals surface area contributed by atoms with Crippen molar-refractivity contribution in [2.75, 3.05) is 20.2 Å². The molecule has 0 aromatic carbocycles. The van der Waals surface area contributed by atoms with E-state index in [1.165, 1.54) is 12.0 Å². The van der Waals surface area contributed by atoms with Gasteiger partial charge in [0.05, 0.1) is 13.7 Å². The molecule has 3 N–H and O–H groups in total. The van der Waals surface area contributed by atoms with E-state index in [1.807, 2.05) is 0 Å². The molecule has 1 unspecified atom stereocenters. The van der Waals surface area contributed by atoms with E-state index in [0.717, 1.165) is 0 Å². The summed E-state index contributed by atoms with van der Waals surface area (Å²) in [5.41, 5.74) is 3.43. The third-order valence-electron chi connectivity index (χ3n) is 2.36. The molecule has 6 nitrogen and oxygen atoms in total. The second-order valence-electron chi connectivity index (χ2n) is 3.39. The van der Waals surface area contributed by atoms with Crippen molar-refractivity contribution >= 4 is 12.0 Å². The fourth-order valence-corrected chi connectivity index (χ4v) is 1.52. The monoisotopic (exact) mass is 202 g/mol. The molecular weight excluding hydrogens is 188 g/mol. The number of nitrogens with two attached hydrogens (primary N) is 1. The maximum Gasteiger partial charge on any atom is 0.409 e. The number of methoxy groups -OCH3 is 1. The summed E-state index contributed by atoms with van der Waals surface area (Å²) in [6.07, 6.45) is 0.272. The van der Waals surface area contributed by atoms with Crippen molar-refractivity contribution in [3.63, 3.8) is 0 Å². The second kappa shape index (κ2) is 3.83. The normalized spacial score (nSPS) is 27.1. The smallest absolute Gasteiger partial charge is 0.409 e. The number of rotatable bonds is 1. The lowest BCUT2D eigenvalue weighted by Crippen LogP contribution is -2.57. The molecule has 0 aromatic heterocycles. The maximum absolute atomic E-state index is 11.1. The average molecular weight is 202 g/mol. The van der Waals surface area contributed by atoms with Crippen molar-refractivity contribution in [1.29, 1.82) is 0 Å². The van der Waals surface area contributed by atoms with Gasteiger partial charge in [-0.2, -0.15) is 0 Å². The zero-order chi connectivity index (χ0) is 10.8. The van der Waals surface area contributed by atoms with Gasteiger partial charge in [-0.15, -0.1) is 0 Å². The number of hydrogen-bond donors (Lipinski definition) is 2. The molecule has 2 amide bonds. The van der Waals surface area contributed by atoms with Crippen LogP contribution in [0.3, 0.4) is 0 Å². The molecule has 0 bridgehead atoms. The largest absolute Gasteiger partial charge is 0.453 e. The van der Waals surface area contributed by atoms with Crippen molar-refractivity contribution in [2.45, 2.75) is 18.4 Å². The molecule has 80 valence electrons. The molecule has 0 aliphatic carbocycles. The van der Waals surface area contributed by atoms with E-state index < -0.39 is 17.6 Å². The lowest BCUT2D eigenvalue weighted by Gasteiger charge is -2.35. The molecule has 0 radical (unpaired) electrons. The predicted molar refractivity (Wildman–Crippen MR) is 47.4 cm³/mol. The number of β-amino-alcohol motifs (C(OH)–C–C–N with tert-alkyl or cyclic N) is 1. The Hall–Kier alpha value is -1.30. The highest BCUT2D eigenvalue weighted by atomic mass is 16.5. The van der Waals surface area contributed by atoms with Crippen molar-refractivity contribution in [1.82, 2.24) is 4.90 Å². The minimum atomic E-state index is -1.60. The molecule has 0 saturated carbocycles. The predicted octanol–water partition coefficient (Wildman–Crippen LogP) is -0.935. The Bertz CT molecular complexity index is 256. The van der Waals surface area contributed by atoms with Crippen LogP contribution in [0.15, 0.2) is 0 Å². The van der Waals surface area contributed by atoms with Gasteiger partial charge in [-0.05, 0) is 12.8 Å². The number of amides is 2. The number of hydrogen-bond acceptors (Lipinski definition) is 4. The van der Waals surface area contributed by atoms with Gasteiger partial charge in [0.2, 0.25) is 0 Å². The first-order chi connectivity index (χ1) is 6.49. The first-order valence-corrected chi connectivity index (χ1v) is 4.35. The lowest BCUT2D eigenvalue weighted by molar-refractivity contribution is -0.141. The first-order valence-electron chi connectivity index (χ1n) is 4.35. The van der Waals surface area contributed by atoms with E-state index in [4.69, 9.17) is 5.73 Å². The molecule has 1 aliphatic heterocycles. The van der Waals surface area contributed by atoms with Crippen molar-refractivity contribution in [3.05, 3.63) is 0 Å². The molecule has 6 heteroatoms. The molecule has 0 spiro atoms. The summed E-state index contributed by atoms with van der Waals surface area (Å²) in [7, 11) is 1.25. The van der Waals surface area contributed by atoms with Gasteiger partial charge in [-0.25, -0.2) is 4.79 Å². The Labute approximate surface area is 81.6 Å². The molecule has 14 heavy (non-hydrogen) atoms. The average Bonchev–Trinajstić information content (AvgIpc) is 2.16. The van der Waals surface area contributed by atoms with Crippen LogP contribution in [0.1, 0.15) is 12.8 Å². The summed E-state index contributed by atoms with van der Waals surface area (Å²) in [6.45, 7) is 0.386. The molecular formula is C8H14N2O4. The van der Waals surface area contributed by atoms with Crippen LogP contribution < -0.4 is 5.73 Å². The lowest BCUT2D eigenvalue weighted by atomic mass is 9.92. The molecule has 1 saturated heterocycles. The summed E-state index contributed by atoms with van der Waals surface area (Å²) in [6, 6.07) is 0. The van der Waals surface area contributed by atoms with Crippen molar-refractivity contribution in [3.8, 4) is 0 Å². The number of aliphatic hydroxyl groups is 1. The zero-order valence-corrected chi connectivity index (χ0v) is 8.02. The van der Waals surface area contributed by atoms with E-state index in [1.54, 1.807) is 0 Å². The Kier molecular flexibility index (Phi) is 2.95. The second-order valence-corrected chi connectivity index (χ2v) is 3.39. The van der Waals surface area contributed by atoms with E-state index >= 15 is 0 Å². The Balaban J connectivity index is 2.69. The van der Waals surface area contributed by atoms with Gasteiger partial charge in [0.1, 0.15) is 0 Å². The number of ether oxygens (including phenoxy) is 1. The van der Waals surface area contributed by atoms with Crippen LogP contribution in [0.4, 0.5) is 4.79 Å². The summed E-state index contributed by atoms with van der Waals surface area (Å²) < 4.78 is 4.49. The van der Waals surface area contributed by atoms with Crippen LogP contribution in [0.5, 0.6) is 0 Å². The standard InChI is InChI=1S/C8H14N2O4/c1-14-7(12)10-4-2-3-8(13,5-10)6(9)11/h13H,2-5H2,1H3,(H2,9,11). The quantitative estimate of drug-likeness (QED) is 0.574. The number of carbonyl (C=O) groups excluding carboxylic acids is 2. The fraction of sp³-hybridized carbons (Fsp3) is 0.750. The zero-order valence-electron chi connectivity index (χ0n) is 8.02. The maximum atomic E-state index is 11.1. The van der Waals surface area contributed by atoms with E-state index in [-0.39, 0.29) is 13.0 Å². The van der Waals surface area contributed by atoms with Gasteiger partial charge in [0.25, 0.3) is 5.91 Å². The minimum absolute atomic E-state index is 0.0883. The molecule has 0 aromatic rings. The van der Waals surface area contributed by atoms with Crippen LogP contribution in [-0.4, -0.2) is 47.8 Å². The third kappa shape index (κ3) is 1.95. The van der Waals surface area contributed by atoms with Crippen molar-refractivity contribution < 1.29 is 19.4 Å². The molecule has 1 fully saturated rings. The highest BCUT2D eigenvalue weighted by Gasteiger charge is 2.40. The van der Waals surface area contributed by atoms with Crippen molar-refractivity contribution in [2.24, 2.45) is 5.73 Å². The number of primary amides is 1. The fourth-order valence-electron chi connectivity index (χ4n) is 1.52. The van der Waals surface area contributed by atoms with Crippen LogP contribution >= 0.6 is 0 Å². The number of piperidine rings is 1. The van der Waals surface area contributed by atoms with E-state index in [2.05, 4.69) is 4.74 Å². The summed E-state index contributed by atoms with van der Waals surface area (Å²) >= 11 is 0. The summed E-state index contributed by atoms with van der Waals surface area (Å²) in [5, 5.41) is 9.74. The van der Waals surface area contributed by atoms with E-state index in [0.29, 0.717) is 13.0 Å². The van der Waals surface area contributed by atoms with Crippen LogP contribution in [0, 0.1) is 0 Å². The number of likely N-dealkylation sites (tertiary alicyclic amines) is 1. The Morgan fingerprint density at radius 1 is 1.57 bits per heavy atom. The SMILES string of the molecule is COC(=O)N1CCCC(O)(C(N)=O)C1. The highest BCUT2D eigenvalue weighted by Crippen LogP contribution is 2.21. The Morgan fingerprint density at radius 3 is 2.71 bits per heavy atom.